The number of carbonyl (C=O) groups is 4. The van der Waals surface area contributed by atoms with E-state index in [2.05, 4.69) is 17.6 Å². The van der Waals surface area contributed by atoms with Gasteiger partial charge in [0.15, 0.2) is 6.61 Å². The molecule has 2 aliphatic rings. The van der Waals surface area contributed by atoms with Crippen molar-refractivity contribution in [1.82, 2.24) is 10.6 Å². The fourth-order valence-electron chi connectivity index (χ4n) is 3.74. The van der Waals surface area contributed by atoms with Crippen LogP contribution in [0.1, 0.15) is 44.6 Å². The highest BCUT2D eigenvalue weighted by Gasteiger charge is 2.36. The van der Waals surface area contributed by atoms with Gasteiger partial charge in [0.05, 0.1) is 5.92 Å². The molecule has 1 heterocycles. The van der Waals surface area contributed by atoms with Gasteiger partial charge in [0, 0.05) is 24.7 Å². The van der Waals surface area contributed by atoms with E-state index >= 15 is 0 Å². The summed E-state index contributed by atoms with van der Waals surface area (Å²) < 4.78 is 5.02. The van der Waals surface area contributed by atoms with Crippen molar-refractivity contribution in [3.05, 3.63) is 29.8 Å². The van der Waals surface area contributed by atoms with Crippen molar-refractivity contribution in [3.8, 4) is 0 Å². The molecule has 0 spiro atoms. The number of carbonyl (C=O) groups excluding carboxylic acids is 4. The zero-order valence-corrected chi connectivity index (χ0v) is 16.6. The smallest absolute Gasteiger partial charge is 0.321 e. The second kappa shape index (κ2) is 9.54. The maximum absolute atomic E-state index is 12.3. The molecule has 1 aromatic carbocycles. The monoisotopic (exact) mass is 401 g/mol. The molecule has 3 rings (SSSR count). The summed E-state index contributed by atoms with van der Waals surface area (Å²) in [5.74, 6) is -2.09. The van der Waals surface area contributed by atoms with Gasteiger partial charge in [-0.1, -0.05) is 31.9 Å². The number of nitrogens with one attached hydrogen (secondary N) is 2. The average Bonchev–Trinajstić information content (AvgIpc) is 3.35. The average molecular weight is 401 g/mol. The Bertz CT molecular complexity index is 771. The Kier molecular flexibility index (Phi) is 6.85. The molecule has 8 nitrogen and oxygen atoms in total. The first-order chi connectivity index (χ1) is 14.0. The van der Waals surface area contributed by atoms with E-state index in [4.69, 9.17) is 4.74 Å². The normalized spacial score (nSPS) is 19.3. The molecule has 1 aliphatic heterocycles. The maximum atomic E-state index is 12.3. The van der Waals surface area contributed by atoms with Gasteiger partial charge in [-0.25, -0.2) is 4.79 Å². The van der Waals surface area contributed by atoms with Crippen LogP contribution in [0.2, 0.25) is 0 Å². The molecule has 0 unspecified atom stereocenters. The largest absolute Gasteiger partial charge is 0.455 e. The summed E-state index contributed by atoms with van der Waals surface area (Å²) >= 11 is 0. The number of urea groups is 1. The number of rotatable bonds is 6. The van der Waals surface area contributed by atoms with Crippen LogP contribution in [-0.2, 0) is 25.5 Å². The molecule has 2 fully saturated rings. The molecule has 29 heavy (non-hydrogen) atoms. The number of benzene rings is 1. The van der Waals surface area contributed by atoms with Crippen LogP contribution in [0.3, 0.4) is 0 Å². The molecular weight excluding hydrogens is 374 g/mol. The Morgan fingerprint density at radius 3 is 2.48 bits per heavy atom. The number of nitrogens with zero attached hydrogens (tertiary/aromatic N) is 1. The number of anilines is 1. The zero-order valence-electron chi connectivity index (χ0n) is 16.6. The van der Waals surface area contributed by atoms with E-state index in [1.807, 2.05) is 24.3 Å². The molecule has 1 atom stereocenters. The van der Waals surface area contributed by atoms with Crippen LogP contribution >= 0.6 is 0 Å². The van der Waals surface area contributed by atoms with Gasteiger partial charge >= 0.3 is 12.0 Å². The van der Waals surface area contributed by atoms with Crippen molar-refractivity contribution < 1.29 is 23.9 Å². The van der Waals surface area contributed by atoms with E-state index in [0.29, 0.717) is 0 Å². The van der Waals surface area contributed by atoms with E-state index in [0.717, 1.165) is 37.8 Å². The molecule has 0 bridgehead atoms. The standard InChI is InChI=1S/C21H27N3O5/c1-2-14-7-9-17(10-8-14)24-12-15(11-19(24)26)20(27)29-13-18(25)23-21(28)22-16-5-3-4-6-16/h7-10,15-16H,2-6,11-13H2,1H3,(H2,22,23,25,28)/t15-/m0/s1. The molecule has 0 radical (unpaired) electrons. The summed E-state index contributed by atoms with van der Waals surface area (Å²) in [6, 6.07) is 7.15. The van der Waals surface area contributed by atoms with Gasteiger partial charge in [0.25, 0.3) is 5.91 Å². The maximum Gasteiger partial charge on any atom is 0.321 e. The number of hydrogen-bond donors (Lipinski definition) is 2. The lowest BCUT2D eigenvalue weighted by Gasteiger charge is -2.17. The number of hydrogen-bond acceptors (Lipinski definition) is 5. The lowest BCUT2D eigenvalue weighted by atomic mass is 10.1. The molecular formula is C21H27N3O5. The first-order valence-electron chi connectivity index (χ1n) is 10.1. The van der Waals surface area contributed by atoms with E-state index in [1.165, 1.54) is 5.56 Å². The first kappa shape index (κ1) is 20.8. The highest BCUT2D eigenvalue weighted by molar-refractivity contribution is 6.00. The summed E-state index contributed by atoms with van der Waals surface area (Å²) in [6.45, 7) is 1.72. The topological polar surface area (TPSA) is 105 Å². The lowest BCUT2D eigenvalue weighted by molar-refractivity contribution is -0.152. The summed E-state index contributed by atoms with van der Waals surface area (Å²) in [5, 5.41) is 4.89. The summed E-state index contributed by atoms with van der Waals surface area (Å²) in [4.78, 5) is 49.7. The second-order valence-electron chi connectivity index (χ2n) is 7.54. The van der Waals surface area contributed by atoms with Crippen molar-refractivity contribution in [3.63, 3.8) is 0 Å². The van der Waals surface area contributed by atoms with Crippen LogP contribution in [0.25, 0.3) is 0 Å². The summed E-state index contributed by atoms with van der Waals surface area (Å²) in [5.41, 5.74) is 1.91. The van der Waals surface area contributed by atoms with Gasteiger partial charge < -0.3 is 15.0 Å². The molecule has 1 saturated heterocycles. The SMILES string of the molecule is CCc1ccc(N2C[C@@H](C(=O)OCC(=O)NC(=O)NC3CCCC3)CC2=O)cc1. The predicted molar refractivity (Wildman–Crippen MR) is 106 cm³/mol. The first-order valence-corrected chi connectivity index (χ1v) is 10.1. The minimum Gasteiger partial charge on any atom is -0.455 e. The summed E-state index contributed by atoms with van der Waals surface area (Å²) in [6.07, 6.45) is 4.89. The number of amides is 4. The van der Waals surface area contributed by atoms with E-state index in [-0.39, 0.29) is 24.9 Å². The Balaban J connectivity index is 1.43. The zero-order chi connectivity index (χ0) is 20.8. The van der Waals surface area contributed by atoms with Crippen LogP contribution in [0.5, 0.6) is 0 Å². The van der Waals surface area contributed by atoms with Gasteiger partial charge in [-0.15, -0.1) is 0 Å². The highest BCUT2D eigenvalue weighted by atomic mass is 16.5. The van der Waals surface area contributed by atoms with Crippen molar-refractivity contribution in [2.24, 2.45) is 5.92 Å². The molecule has 8 heteroatoms. The Morgan fingerprint density at radius 2 is 1.83 bits per heavy atom. The molecule has 1 aromatic rings. The molecule has 1 saturated carbocycles. The number of imide groups is 1. The van der Waals surface area contributed by atoms with Crippen LogP contribution in [0.4, 0.5) is 10.5 Å². The third-order valence-electron chi connectivity index (χ3n) is 5.40. The van der Waals surface area contributed by atoms with Crippen molar-refractivity contribution in [2.45, 2.75) is 51.5 Å². The van der Waals surface area contributed by atoms with Crippen LogP contribution in [-0.4, -0.2) is 43.0 Å². The number of ether oxygens (including phenoxy) is 1. The van der Waals surface area contributed by atoms with Gasteiger partial charge in [0.2, 0.25) is 5.91 Å². The van der Waals surface area contributed by atoms with Gasteiger partial charge in [0.1, 0.15) is 0 Å². The third-order valence-corrected chi connectivity index (χ3v) is 5.40. The van der Waals surface area contributed by atoms with E-state index in [9.17, 15) is 19.2 Å². The number of esters is 1. The van der Waals surface area contributed by atoms with Crippen LogP contribution in [0, 0.1) is 5.92 Å². The molecule has 4 amide bonds. The van der Waals surface area contributed by atoms with Crippen molar-refractivity contribution in [1.29, 1.82) is 0 Å². The Morgan fingerprint density at radius 1 is 1.14 bits per heavy atom. The molecule has 1 aliphatic carbocycles. The second-order valence-corrected chi connectivity index (χ2v) is 7.54. The molecule has 156 valence electrons. The Hall–Kier alpha value is -2.90. The summed E-state index contributed by atoms with van der Waals surface area (Å²) in [7, 11) is 0. The molecule has 0 aromatic heterocycles. The fourth-order valence-corrected chi connectivity index (χ4v) is 3.74. The van der Waals surface area contributed by atoms with Gasteiger partial charge in [-0.05, 0) is 37.0 Å². The van der Waals surface area contributed by atoms with Crippen LogP contribution < -0.4 is 15.5 Å². The Labute approximate surface area is 170 Å². The van der Waals surface area contributed by atoms with Crippen molar-refractivity contribution in [2.75, 3.05) is 18.1 Å². The van der Waals surface area contributed by atoms with Crippen LogP contribution in [0.15, 0.2) is 24.3 Å². The van der Waals surface area contributed by atoms with Crippen molar-refractivity contribution >= 4 is 29.5 Å². The predicted octanol–water partition coefficient (Wildman–Crippen LogP) is 1.91. The molecule has 2 N–H and O–H groups in total. The minimum atomic E-state index is -0.690. The third kappa shape index (κ3) is 5.56. The minimum absolute atomic E-state index is 0.0398. The highest BCUT2D eigenvalue weighted by Crippen LogP contribution is 2.26. The van der Waals surface area contributed by atoms with Gasteiger partial charge in [-0.2, -0.15) is 0 Å². The van der Waals surface area contributed by atoms with E-state index in [1.54, 1.807) is 4.90 Å². The number of aryl methyl sites for hydroxylation is 1. The fraction of sp³-hybridized carbons (Fsp3) is 0.524. The van der Waals surface area contributed by atoms with E-state index < -0.39 is 30.4 Å². The quantitative estimate of drug-likeness (QED) is 0.709. The van der Waals surface area contributed by atoms with Gasteiger partial charge in [-0.3, -0.25) is 19.7 Å². The lowest BCUT2D eigenvalue weighted by Crippen LogP contribution is -2.45.